The lowest BCUT2D eigenvalue weighted by molar-refractivity contribution is -0.0254. The van der Waals surface area contributed by atoms with Crippen LogP contribution < -0.4 is 5.32 Å². The molecule has 0 saturated carbocycles. The Balaban J connectivity index is 2.03. The summed E-state index contributed by atoms with van der Waals surface area (Å²) in [5.41, 5.74) is 0.917. The summed E-state index contributed by atoms with van der Waals surface area (Å²) < 4.78 is 29.5. The summed E-state index contributed by atoms with van der Waals surface area (Å²) in [5, 5.41) is 7.23. The summed E-state index contributed by atoms with van der Waals surface area (Å²) in [6.07, 6.45) is 3.28. The van der Waals surface area contributed by atoms with Crippen molar-refractivity contribution < 1.29 is 8.78 Å². The smallest absolute Gasteiger partial charge is 0.292 e. The van der Waals surface area contributed by atoms with Crippen molar-refractivity contribution in [1.29, 1.82) is 0 Å². The van der Waals surface area contributed by atoms with Gasteiger partial charge in [0.25, 0.3) is 5.92 Å². The van der Waals surface area contributed by atoms with E-state index in [1.54, 1.807) is 30.6 Å². The monoisotopic (exact) mass is 279 g/mol. The Hall–Kier alpha value is -1.75. The van der Waals surface area contributed by atoms with Gasteiger partial charge < -0.3 is 5.32 Å². The number of alkyl halides is 2. The van der Waals surface area contributed by atoms with Crippen LogP contribution in [-0.2, 0) is 19.0 Å². The van der Waals surface area contributed by atoms with E-state index in [0.29, 0.717) is 12.6 Å². The standard InChI is InChI=1S/C15H19F2N3/c1-12(2)18-8-13-9-19-20(10-13)11-15(16,17)14-6-4-3-5-7-14/h3-7,9-10,12,18H,8,11H2,1-2H3. The fourth-order valence-corrected chi connectivity index (χ4v) is 1.88. The van der Waals surface area contributed by atoms with Crippen molar-refractivity contribution in [3.8, 4) is 0 Å². The maximum absolute atomic E-state index is 14.1. The van der Waals surface area contributed by atoms with Crippen molar-refractivity contribution in [2.45, 2.75) is 38.9 Å². The predicted octanol–water partition coefficient (Wildman–Crippen LogP) is 3.17. The first-order valence-electron chi connectivity index (χ1n) is 6.65. The highest BCUT2D eigenvalue weighted by Crippen LogP contribution is 2.29. The minimum Gasteiger partial charge on any atom is -0.310 e. The van der Waals surface area contributed by atoms with Crippen LogP contribution in [0.2, 0.25) is 0 Å². The number of hydrogen-bond donors (Lipinski definition) is 1. The van der Waals surface area contributed by atoms with E-state index < -0.39 is 12.5 Å². The minimum atomic E-state index is -2.92. The van der Waals surface area contributed by atoms with Crippen LogP contribution in [0.3, 0.4) is 0 Å². The Labute approximate surface area is 117 Å². The molecule has 2 aromatic rings. The summed E-state index contributed by atoms with van der Waals surface area (Å²) in [6.45, 7) is 4.26. The van der Waals surface area contributed by atoms with Crippen LogP contribution in [0.25, 0.3) is 0 Å². The van der Waals surface area contributed by atoms with Crippen molar-refractivity contribution in [3.05, 3.63) is 53.9 Å². The van der Waals surface area contributed by atoms with Crippen LogP contribution >= 0.6 is 0 Å². The molecule has 0 aliphatic rings. The first kappa shape index (κ1) is 14.7. The zero-order chi connectivity index (χ0) is 14.6. The van der Waals surface area contributed by atoms with Gasteiger partial charge in [-0.3, -0.25) is 4.68 Å². The van der Waals surface area contributed by atoms with Gasteiger partial charge in [0.05, 0.1) is 6.20 Å². The molecule has 0 aliphatic carbocycles. The minimum absolute atomic E-state index is 0.0114. The number of nitrogens with zero attached hydrogens (tertiary/aromatic N) is 2. The molecule has 0 atom stereocenters. The largest absolute Gasteiger partial charge is 0.310 e. The van der Waals surface area contributed by atoms with E-state index in [1.807, 2.05) is 13.8 Å². The third-order valence-corrected chi connectivity index (χ3v) is 2.96. The molecular weight excluding hydrogens is 260 g/mol. The van der Waals surface area contributed by atoms with Gasteiger partial charge >= 0.3 is 0 Å². The molecule has 0 fully saturated rings. The van der Waals surface area contributed by atoms with E-state index in [4.69, 9.17) is 0 Å². The van der Waals surface area contributed by atoms with Gasteiger partial charge in [-0.2, -0.15) is 13.9 Å². The quantitative estimate of drug-likeness (QED) is 0.880. The SMILES string of the molecule is CC(C)NCc1cnn(CC(F)(F)c2ccccc2)c1. The molecule has 1 aromatic heterocycles. The molecule has 108 valence electrons. The summed E-state index contributed by atoms with van der Waals surface area (Å²) in [6, 6.07) is 8.18. The molecule has 5 heteroatoms. The van der Waals surface area contributed by atoms with Gasteiger partial charge in [0.1, 0.15) is 6.54 Å². The maximum atomic E-state index is 14.1. The van der Waals surface area contributed by atoms with Gasteiger partial charge in [0, 0.05) is 29.9 Å². The zero-order valence-electron chi connectivity index (χ0n) is 11.7. The molecule has 0 bridgehead atoms. The summed E-state index contributed by atoms with van der Waals surface area (Å²) in [5.74, 6) is -2.92. The molecule has 20 heavy (non-hydrogen) atoms. The van der Waals surface area contributed by atoms with E-state index in [-0.39, 0.29) is 5.56 Å². The lowest BCUT2D eigenvalue weighted by atomic mass is 10.1. The van der Waals surface area contributed by atoms with E-state index in [1.165, 1.54) is 16.8 Å². The maximum Gasteiger partial charge on any atom is 0.292 e. The molecule has 2 rings (SSSR count). The van der Waals surface area contributed by atoms with Crippen LogP contribution in [0.5, 0.6) is 0 Å². The highest BCUT2D eigenvalue weighted by molar-refractivity contribution is 5.20. The number of benzene rings is 1. The predicted molar refractivity (Wildman–Crippen MR) is 74.5 cm³/mol. The number of hydrogen-bond acceptors (Lipinski definition) is 2. The van der Waals surface area contributed by atoms with E-state index in [0.717, 1.165) is 5.56 Å². The van der Waals surface area contributed by atoms with E-state index >= 15 is 0 Å². The molecule has 0 spiro atoms. The number of nitrogens with one attached hydrogen (secondary N) is 1. The topological polar surface area (TPSA) is 29.9 Å². The van der Waals surface area contributed by atoms with E-state index in [2.05, 4.69) is 10.4 Å². The second kappa shape index (κ2) is 6.13. The molecule has 1 N–H and O–H groups in total. The molecule has 0 amide bonds. The fourth-order valence-electron chi connectivity index (χ4n) is 1.88. The number of rotatable bonds is 6. The Kier molecular flexibility index (Phi) is 4.49. The average Bonchev–Trinajstić information content (AvgIpc) is 2.84. The van der Waals surface area contributed by atoms with Crippen LogP contribution in [0.4, 0.5) is 8.78 Å². The van der Waals surface area contributed by atoms with Crippen LogP contribution in [0, 0.1) is 0 Å². The van der Waals surface area contributed by atoms with Crippen LogP contribution in [0.1, 0.15) is 25.0 Å². The molecular formula is C15H19F2N3. The molecule has 3 nitrogen and oxygen atoms in total. The summed E-state index contributed by atoms with van der Waals surface area (Å²) in [7, 11) is 0. The highest BCUT2D eigenvalue weighted by Gasteiger charge is 2.32. The van der Waals surface area contributed by atoms with Gasteiger partial charge in [-0.1, -0.05) is 44.2 Å². The molecule has 0 saturated heterocycles. The van der Waals surface area contributed by atoms with Crippen molar-refractivity contribution in [2.24, 2.45) is 0 Å². The molecule has 1 aromatic carbocycles. The third kappa shape index (κ3) is 3.87. The van der Waals surface area contributed by atoms with E-state index in [9.17, 15) is 8.78 Å². The Morgan fingerprint density at radius 3 is 2.60 bits per heavy atom. The fraction of sp³-hybridized carbons (Fsp3) is 0.400. The van der Waals surface area contributed by atoms with Crippen LogP contribution in [0.15, 0.2) is 42.7 Å². The lowest BCUT2D eigenvalue weighted by Crippen LogP contribution is -2.22. The van der Waals surface area contributed by atoms with Gasteiger partial charge in [-0.25, -0.2) is 0 Å². The molecule has 0 radical (unpaired) electrons. The molecule has 0 unspecified atom stereocenters. The van der Waals surface area contributed by atoms with Gasteiger partial charge in [-0.05, 0) is 0 Å². The van der Waals surface area contributed by atoms with Gasteiger partial charge in [0.15, 0.2) is 0 Å². The van der Waals surface area contributed by atoms with Crippen molar-refractivity contribution in [1.82, 2.24) is 15.1 Å². The Morgan fingerprint density at radius 2 is 1.95 bits per heavy atom. The first-order chi connectivity index (χ1) is 9.47. The number of aromatic nitrogens is 2. The van der Waals surface area contributed by atoms with Crippen molar-refractivity contribution in [2.75, 3.05) is 0 Å². The second-order valence-corrected chi connectivity index (χ2v) is 5.15. The van der Waals surface area contributed by atoms with Crippen LogP contribution in [-0.4, -0.2) is 15.8 Å². The van der Waals surface area contributed by atoms with Crippen molar-refractivity contribution in [3.63, 3.8) is 0 Å². The normalized spacial score (nSPS) is 12.1. The highest BCUT2D eigenvalue weighted by atomic mass is 19.3. The Bertz CT molecular complexity index is 535. The second-order valence-electron chi connectivity index (χ2n) is 5.15. The summed E-state index contributed by atoms with van der Waals surface area (Å²) in [4.78, 5) is 0. The first-order valence-corrected chi connectivity index (χ1v) is 6.65. The lowest BCUT2D eigenvalue weighted by Gasteiger charge is -2.16. The average molecular weight is 279 g/mol. The van der Waals surface area contributed by atoms with Gasteiger partial charge in [-0.15, -0.1) is 0 Å². The zero-order valence-corrected chi connectivity index (χ0v) is 11.7. The van der Waals surface area contributed by atoms with Crippen molar-refractivity contribution >= 4 is 0 Å². The molecule has 1 heterocycles. The summed E-state index contributed by atoms with van der Waals surface area (Å²) >= 11 is 0. The van der Waals surface area contributed by atoms with Gasteiger partial charge in [0.2, 0.25) is 0 Å². The third-order valence-electron chi connectivity index (χ3n) is 2.96. The Morgan fingerprint density at radius 1 is 1.25 bits per heavy atom. The number of halogens is 2. The molecule has 0 aliphatic heterocycles.